The van der Waals surface area contributed by atoms with Gasteiger partial charge in [0.15, 0.2) is 11.6 Å². The maximum absolute atomic E-state index is 14.0. The summed E-state index contributed by atoms with van der Waals surface area (Å²) in [6.07, 6.45) is 3.25. The van der Waals surface area contributed by atoms with Crippen molar-refractivity contribution in [2.75, 3.05) is 6.54 Å². The Kier molecular flexibility index (Phi) is 7.81. The number of hydrogen-bond acceptors (Lipinski definition) is 5. The number of nitrogens with zero attached hydrogens (tertiary/aromatic N) is 1. The topological polar surface area (TPSA) is 88.6 Å². The van der Waals surface area contributed by atoms with Gasteiger partial charge < -0.3 is 4.90 Å². The molecule has 0 unspecified atom stereocenters. The number of piperidine rings is 1. The fourth-order valence-corrected chi connectivity index (χ4v) is 6.43. The number of amides is 1. The van der Waals surface area contributed by atoms with Gasteiger partial charge in [-0.15, -0.1) is 0 Å². The Morgan fingerprint density at radius 1 is 0.944 bits per heavy atom. The monoisotopic (exact) mass is 501 g/mol. The van der Waals surface area contributed by atoms with Crippen LogP contribution in [0.3, 0.4) is 0 Å². The largest absolute Gasteiger partial charge is 0.332 e. The number of likely N-dealkylation sites (tertiary alicyclic amines) is 1. The van der Waals surface area contributed by atoms with E-state index < -0.39 is 34.9 Å². The number of hydrogen-bond donors (Lipinski definition) is 0. The van der Waals surface area contributed by atoms with Crippen LogP contribution in [0.5, 0.6) is 0 Å². The van der Waals surface area contributed by atoms with E-state index in [9.17, 15) is 24.0 Å². The van der Waals surface area contributed by atoms with E-state index in [-0.39, 0.29) is 53.0 Å². The molecule has 0 aromatic rings. The third kappa shape index (κ3) is 6.34. The molecule has 0 aromatic heterocycles. The van der Waals surface area contributed by atoms with Gasteiger partial charge in [0.1, 0.15) is 5.78 Å². The molecule has 202 valence electrons. The van der Waals surface area contributed by atoms with Crippen LogP contribution >= 0.6 is 0 Å². The lowest BCUT2D eigenvalue weighted by Crippen LogP contribution is -2.50. The van der Waals surface area contributed by atoms with Crippen LogP contribution in [-0.4, -0.2) is 46.5 Å². The standard InChI is InChI=1S/C30H47NO5/c1-17(32)26(35)19(12-18-10-11-18)13-23(34)25-24-22(30(24,8)9)16-31(25)27(36)21(29(5,6)7)14-20(33)15-28(2,3)4/h18-19,21-22,24-25H,10-16H2,1-9H3/t19-,21-,22+,24+,25-/m1/s1. The van der Waals surface area contributed by atoms with Gasteiger partial charge in [0.05, 0.1) is 6.04 Å². The molecule has 1 saturated heterocycles. The van der Waals surface area contributed by atoms with Crippen LogP contribution in [0.1, 0.15) is 101 Å². The summed E-state index contributed by atoms with van der Waals surface area (Å²) < 4.78 is 0. The van der Waals surface area contributed by atoms with Crippen LogP contribution in [0.2, 0.25) is 0 Å². The maximum atomic E-state index is 14.0. The van der Waals surface area contributed by atoms with Crippen molar-refractivity contribution < 1.29 is 24.0 Å². The van der Waals surface area contributed by atoms with E-state index in [4.69, 9.17) is 0 Å². The van der Waals surface area contributed by atoms with Crippen molar-refractivity contribution in [3.8, 4) is 0 Å². The molecule has 3 rings (SSSR count). The second-order valence-corrected chi connectivity index (χ2v) is 14.8. The maximum Gasteiger partial charge on any atom is 0.227 e. The fraction of sp³-hybridized carbons (Fsp3) is 0.833. The van der Waals surface area contributed by atoms with E-state index in [0.717, 1.165) is 12.8 Å². The first-order valence-corrected chi connectivity index (χ1v) is 13.7. The number of fused-ring (bicyclic) bond motifs is 1. The van der Waals surface area contributed by atoms with E-state index in [2.05, 4.69) is 13.8 Å². The lowest BCUT2D eigenvalue weighted by Gasteiger charge is -2.37. The molecule has 0 spiro atoms. The zero-order valence-electron chi connectivity index (χ0n) is 23.9. The van der Waals surface area contributed by atoms with Crippen molar-refractivity contribution >= 4 is 29.0 Å². The fourth-order valence-electron chi connectivity index (χ4n) is 6.43. The number of rotatable bonds is 11. The van der Waals surface area contributed by atoms with Gasteiger partial charge in [-0.05, 0) is 40.4 Å². The number of carbonyl (C=O) groups excluding carboxylic acids is 5. The lowest BCUT2D eigenvalue weighted by molar-refractivity contribution is -0.148. The molecule has 0 aromatic carbocycles. The Labute approximate surface area is 217 Å². The second kappa shape index (κ2) is 9.79. The van der Waals surface area contributed by atoms with Crippen LogP contribution in [0.15, 0.2) is 0 Å². The molecule has 6 nitrogen and oxygen atoms in total. The van der Waals surface area contributed by atoms with Gasteiger partial charge in [-0.1, -0.05) is 68.2 Å². The first-order chi connectivity index (χ1) is 16.3. The summed E-state index contributed by atoms with van der Waals surface area (Å²) in [7, 11) is 0. The summed E-state index contributed by atoms with van der Waals surface area (Å²) in [6, 6.07) is -0.582. The number of ketones is 4. The Hall–Kier alpha value is -1.85. The van der Waals surface area contributed by atoms with Gasteiger partial charge in [0, 0.05) is 44.6 Å². The minimum atomic E-state index is -0.591. The van der Waals surface area contributed by atoms with Crippen LogP contribution in [0.25, 0.3) is 0 Å². The first kappa shape index (κ1) is 28.7. The molecule has 6 heteroatoms. The summed E-state index contributed by atoms with van der Waals surface area (Å²) in [5.41, 5.74) is -0.618. The predicted octanol–water partition coefficient (Wildman–Crippen LogP) is 5.06. The second-order valence-electron chi connectivity index (χ2n) is 14.8. The van der Waals surface area contributed by atoms with Gasteiger partial charge in [0.2, 0.25) is 11.7 Å². The Balaban J connectivity index is 1.83. The van der Waals surface area contributed by atoms with Gasteiger partial charge in [-0.3, -0.25) is 24.0 Å². The Bertz CT molecular complexity index is 930. The van der Waals surface area contributed by atoms with Gasteiger partial charge in [-0.2, -0.15) is 0 Å². The summed E-state index contributed by atoms with van der Waals surface area (Å²) in [5, 5.41) is 0. The first-order valence-electron chi connectivity index (χ1n) is 13.7. The average Bonchev–Trinajstić information content (AvgIpc) is 3.55. The molecule has 1 aliphatic heterocycles. The molecule has 1 heterocycles. The molecular weight excluding hydrogens is 454 g/mol. The molecule has 2 aliphatic carbocycles. The molecule has 36 heavy (non-hydrogen) atoms. The summed E-state index contributed by atoms with van der Waals surface area (Å²) in [5.74, 6) is -1.49. The molecule has 3 aliphatic rings. The SMILES string of the molecule is CC(=O)C(=O)[C@@H](CC(=O)[C@@H]1[C@@H]2[C@H](CN1C(=O)[C@@H](CC(=O)CC(C)(C)C)C(C)(C)C)C2(C)C)CC1CC1. The molecule has 3 fully saturated rings. The van der Waals surface area contributed by atoms with E-state index in [0.29, 0.717) is 25.3 Å². The minimum Gasteiger partial charge on any atom is -0.332 e. The van der Waals surface area contributed by atoms with Crippen molar-refractivity contribution in [1.82, 2.24) is 4.90 Å². The number of Topliss-reactive ketones (excluding diaryl/α,β-unsaturated/α-hetero) is 4. The highest BCUT2D eigenvalue weighted by Crippen LogP contribution is 2.65. The average molecular weight is 502 g/mol. The summed E-state index contributed by atoms with van der Waals surface area (Å²) >= 11 is 0. The Morgan fingerprint density at radius 2 is 1.53 bits per heavy atom. The molecule has 5 atom stereocenters. The molecule has 0 bridgehead atoms. The van der Waals surface area contributed by atoms with Crippen LogP contribution in [-0.2, 0) is 24.0 Å². The molecule has 0 radical (unpaired) electrons. The van der Waals surface area contributed by atoms with Crippen molar-refractivity contribution in [1.29, 1.82) is 0 Å². The molecular formula is C30H47NO5. The van der Waals surface area contributed by atoms with Gasteiger partial charge in [0.25, 0.3) is 0 Å². The van der Waals surface area contributed by atoms with Crippen molar-refractivity contribution in [2.45, 2.75) is 107 Å². The summed E-state index contributed by atoms with van der Waals surface area (Å²) in [6.45, 7) is 18.1. The van der Waals surface area contributed by atoms with E-state index in [1.54, 1.807) is 4.90 Å². The van der Waals surface area contributed by atoms with Gasteiger partial charge in [-0.25, -0.2) is 0 Å². The smallest absolute Gasteiger partial charge is 0.227 e. The van der Waals surface area contributed by atoms with Crippen LogP contribution in [0.4, 0.5) is 0 Å². The highest BCUT2D eigenvalue weighted by Gasteiger charge is 2.69. The summed E-state index contributed by atoms with van der Waals surface area (Å²) in [4.78, 5) is 67.0. The zero-order valence-corrected chi connectivity index (χ0v) is 23.9. The molecule has 2 saturated carbocycles. The lowest BCUT2D eigenvalue weighted by atomic mass is 9.75. The third-order valence-electron chi connectivity index (χ3n) is 8.80. The van der Waals surface area contributed by atoms with E-state index in [1.165, 1.54) is 6.92 Å². The van der Waals surface area contributed by atoms with Crippen LogP contribution in [0, 0.1) is 45.8 Å². The van der Waals surface area contributed by atoms with E-state index in [1.807, 2.05) is 41.5 Å². The molecule has 1 amide bonds. The molecule has 0 N–H and O–H groups in total. The normalized spacial score (nSPS) is 26.7. The zero-order chi connectivity index (χ0) is 27.4. The highest BCUT2D eigenvalue weighted by molar-refractivity contribution is 6.37. The van der Waals surface area contributed by atoms with Gasteiger partial charge >= 0.3 is 0 Å². The van der Waals surface area contributed by atoms with E-state index >= 15 is 0 Å². The van der Waals surface area contributed by atoms with Crippen molar-refractivity contribution in [3.05, 3.63) is 0 Å². The van der Waals surface area contributed by atoms with Crippen molar-refractivity contribution in [2.24, 2.45) is 45.8 Å². The van der Waals surface area contributed by atoms with Crippen LogP contribution < -0.4 is 0 Å². The number of carbonyl (C=O) groups is 5. The minimum absolute atomic E-state index is 0.0196. The van der Waals surface area contributed by atoms with Crippen molar-refractivity contribution in [3.63, 3.8) is 0 Å². The quantitative estimate of drug-likeness (QED) is 0.369. The predicted molar refractivity (Wildman–Crippen MR) is 139 cm³/mol. The third-order valence-corrected chi connectivity index (χ3v) is 8.80. The Morgan fingerprint density at radius 3 is 2.00 bits per heavy atom. The highest BCUT2D eigenvalue weighted by atomic mass is 16.2.